The van der Waals surface area contributed by atoms with Crippen LogP contribution in [0.3, 0.4) is 0 Å². The van der Waals surface area contributed by atoms with Crippen LogP contribution in [0.25, 0.3) is 17.4 Å². The van der Waals surface area contributed by atoms with Gasteiger partial charge in [-0.2, -0.15) is 0 Å². The number of esters is 1. The molecular formula is C26H23NO6S. The summed E-state index contributed by atoms with van der Waals surface area (Å²) >= 11 is 0.873. The lowest BCUT2D eigenvalue weighted by Gasteiger charge is -2.14. The number of hydrogen-bond donors (Lipinski definition) is 0. The van der Waals surface area contributed by atoms with Crippen LogP contribution in [-0.4, -0.2) is 42.3 Å². The van der Waals surface area contributed by atoms with Crippen molar-refractivity contribution in [1.82, 2.24) is 4.90 Å². The molecule has 1 aromatic heterocycles. The van der Waals surface area contributed by atoms with Crippen LogP contribution >= 0.6 is 11.8 Å². The first-order valence-electron chi connectivity index (χ1n) is 10.6. The van der Waals surface area contributed by atoms with Gasteiger partial charge in [-0.3, -0.25) is 14.5 Å². The van der Waals surface area contributed by atoms with E-state index in [1.807, 2.05) is 32.0 Å². The molecule has 1 aliphatic rings. The number of imide groups is 1. The molecule has 8 heteroatoms. The number of nitrogens with zero attached hydrogens (tertiary/aromatic N) is 1. The number of thioether (sulfide) groups is 1. The van der Waals surface area contributed by atoms with Gasteiger partial charge in [0, 0.05) is 11.6 Å². The topological polar surface area (TPSA) is 86.0 Å². The summed E-state index contributed by atoms with van der Waals surface area (Å²) in [6.45, 7) is 4.29. The predicted octanol–water partition coefficient (Wildman–Crippen LogP) is 5.47. The highest BCUT2D eigenvalue weighted by molar-refractivity contribution is 8.18. The van der Waals surface area contributed by atoms with Gasteiger partial charge in [0.1, 0.15) is 23.9 Å². The van der Waals surface area contributed by atoms with Crippen LogP contribution in [0.15, 0.2) is 63.9 Å². The second-order valence-electron chi connectivity index (χ2n) is 7.72. The number of hydrogen-bond acceptors (Lipinski definition) is 7. The van der Waals surface area contributed by atoms with E-state index in [0.717, 1.165) is 34.2 Å². The molecule has 1 saturated heterocycles. The van der Waals surface area contributed by atoms with Gasteiger partial charge in [0.2, 0.25) is 0 Å². The Labute approximate surface area is 201 Å². The molecule has 2 amide bonds. The van der Waals surface area contributed by atoms with E-state index in [9.17, 15) is 14.4 Å². The van der Waals surface area contributed by atoms with E-state index in [1.54, 1.807) is 42.5 Å². The van der Waals surface area contributed by atoms with Crippen LogP contribution in [0.5, 0.6) is 5.75 Å². The molecule has 2 heterocycles. The molecule has 2 aromatic carbocycles. The maximum atomic E-state index is 12.8. The molecule has 1 fully saturated rings. The number of aryl methyl sites for hydroxylation is 2. The minimum Gasteiger partial charge on any atom is -0.491 e. The Kier molecular flexibility index (Phi) is 6.88. The van der Waals surface area contributed by atoms with E-state index in [0.29, 0.717) is 22.0 Å². The fraction of sp³-hybridized carbons (Fsp3) is 0.192. The van der Waals surface area contributed by atoms with Crippen molar-refractivity contribution in [2.45, 2.75) is 13.8 Å². The summed E-state index contributed by atoms with van der Waals surface area (Å²) in [6, 6.07) is 16.2. The Hall–Kier alpha value is -3.78. The Bertz CT molecular complexity index is 1270. The van der Waals surface area contributed by atoms with E-state index in [-0.39, 0.29) is 24.3 Å². The molecule has 0 bridgehead atoms. The molecule has 7 nitrogen and oxygen atoms in total. The first-order valence-corrected chi connectivity index (χ1v) is 11.4. The molecule has 0 atom stereocenters. The third-order valence-electron chi connectivity index (χ3n) is 5.28. The molecule has 3 aromatic rings. The van der Waals surface area contributed by atoms with Crippen LogP contribution in [0.4, 0.5) is 4.79 Å². The smallest absolute Gasteiger partial charge is 0.337 e. The monoisotopic (exact) mass is 477 g/mol. The molecule has 0 aliphatic carbocycles. The summed E-state index contributed by atoms with van der Waals surface area (Å²) in [4.78, 5) is 38.2. The Morgan fingerprint density at radius 2 is 1.82 bits per heavy atom. The number of amides is 2. The number of carbonyl (C=O) groups excluding carboxylic acids is 3. The summed E-state index contributed by atoms with van der Waals surface area (Å²) < 4.78 is 16.3. The van der Waals surface area contributed by atoms with Crippen LogP contribution in [-0.2, 0) is 9.53 Å². The summed E-state index contributed by atoms with van der Waals surface area (Å²) in [5.41, 5.74) is 3.28. The minimum absolute atomic E-state index is 0.158. The fourth-order valence-corrected chi connectivity index (χ4v) is 4.25. The van der Waals surface area contributed by atoms with Gasteiger partial charge in [-0.1, -0.05) is 24.3 Å². The zero-order chi connectivity index (χ0) is 24.2. The van der Waals surface area contributed by atoms with Crippen molar-refractivity contribution in [2.75, 3.05) is 20.3 Å². The summed E-state index contributed by atoms with van der Waals surface area (Å²) in [5.74, 6) is 0.972. The zero-order valence-corrected chi connectivity index (χ0v) is 19.8. The third kappa shape index (κ3) is 5.07. The van der Waals surface area contributed by atoms with Crippen molar-refractivity contribution in [1.29, 1.82) is 0 Å². The zero-order valence-electron chi connectivity index (χ0n) is 19.0. The Balaban J connectivity index is 1.41. The second-order valence-corrected chi connectivity index (χ2v) is 8.71. The number of benzene rings is 2. The molecule has 0 N–H and O–H groups in total. The minimum atomic E-state index is -0.415. The highest BCUT2D eigenvalue weighted by Gasteiger charge is 2.35. The van der Waals surface area contributed by atoms with Crippen LogP contribution in [0.2, 0.25) is 0 Å². The Morgan fingerprint density at radius 1 is 1.06 bits per heavy atom. The average Bonchev–Trinajstić information content (AvgIpc) is 3.40. The quantitative estimate of drug-likeness (QED) is 0.330. The number of rotatable bonds is 7. The lowest BCUT2D eigenvalue weighted by Crippen LogP contribution is -2.32. The van der Waals surface area contributed by atoms with Gasteiger partial charge in [-0.25, -0.2) is 4.79 Å². The van der Waals surface area contributed by atoms with Crippen LogP contribution in [0.1, 0.15) is 27.2 Å². The standard InChI is InChI=1S/C26H23NO6S/c1-16-4-5-17(2)22(14-16)32-13-12-27-24(28)23(34-26(27)30)15-20-10-11-21(33-20)18-6-8-19(9-7-18)25(29)31-3/h4-11,14-15H,12-13H2,1-3H3/b23-15-. The van der Waals surface area contributed by atoms with Gasteiger partial charge in [0.05, 0.1) is 24.1 Å². The van der Waals surface area contributed by atoms with Gasteiger partial charge in [0.25, 0.3) is 11.1 Å². The van der Waals surface area contributed by atoms with E-state index in [1.165, 1.54) is 12.0 Å². The first-order chi connectivity index (χ1) is 16.4. The van der Waals surface area contributed by atoms with Gasteiger partial charge in [-0.05, 0) is 67.1 Å². The van der Waals surface area contributed by atoms with Crippen LogP contribution < -0.4 is 4.74 Å². The molecule has 34 heavy (non-hydrogen) atoms. The largest absolute Gasteiger partial charge is 0.491 e. The van der Waals surface area contributed by atoms with Crippen molar-refractivity contribution in [3.8, 4) is 17.1 Å². The summed E-state index contributed by atoms with van der Waals surface area (Å²) in [7, 11) is 1.33. The van der Waals surface area contributed by atoms with Crippen molar-refractivity contribution in [3.63, 3.8) is 0 Å². The van der Waals surface area contributed by atoms with E-state index in [4.69, 9.17) is 13.9 Å². The number of methoxy groups -OCH3 is 1. The molecule has 4 rings (SSSR count). The van der Waals surface area contributed by atoms with E-state index in [2.05, 4.69) is 0 Å². The van der Waals surface area contributed by atoms with Crippen molar-refractivity contribution in [3.05, 3.63) is 82.0 Å². The number of furan rings is 1. The maximum absolute atomic E-state index is 12.8. The average molecular weight is 478 g/mol. The predicted molar refractivity (Wildman–Crippen MR) is 130 cm³/mol. The third-order valence-corrected chi connectivity index (χ3v) is 6.19. The number of ether oxygens (including phenoxy) is 2. The molecular weight excluding hydrogens is 454 g/mol. The molecule has 0 saturated carbocycles. The van der Waals surface area contributed by atoms with Gasteiger partial charge in [-0.15, -0.1) is 0 Å². The molecule has 0 spiro atoms. The van der Waals surface area contributed by atoms with Crippen LogP contribution in [0, 0.1) is 13.8 Å². The summed E-state index contributed by atoms with van der Waals surface area (Å²) in [5, 5.41) is -0.342. The highest BCUT2D eigenvalue weighted by atomic mass is 32.2. The molecule has 0 radical (unpaired) electrons. The molecule has 0 unspecified atom stereocenters. The number of carbonyl (C=O) groups is 3. The van der Waals surface area contributed by atoms with E-state index < -0.39 is 5.97 Å². The van der Waals surface area contributed by atoms with E-state index >= 15 is 0 Å². The summed E-state index contributed by atoms with van der Waals surface area (Å²) in [6.07, 6.45) is 1.56. The maximum Gasteiger partial charge on any atom is 0.337 e. The normalized spacial score (nSPS) is 14.7. The lowest BCUT2D eigenvalue weighted by atomic mass is 10.1. The molecule has 174 valence electrons. The first kappa shape index (κ1) is 23.4. The van der Waals surface area contributed by atoms with Crippen molar-refractivity contribution >= 4 is 35.0 Å². The van der Waals surface area contributed by atoms with Gasteiger partial charge in [0.15, 0.2) is 0 Å². The Morgan fingerprint density at radius 3 is 2.56 bits per heavy atom. The fourth-order valence-electron chi connectivity index (χ4n) is 3.41. The second kappa shape index (κ2) is 10.0. The highest BCUT2D eigenvalue weighted by Crippen LogP contribution is 2.33. The van der Waals surface area contributed by atoms with Crippen molar-refractivity contribution in [2.24, 2.45) is 0 Å². The van der Waals surface area contributed by atoms with Crippen molar-refractivity contribution < 1.29 is 28.3 Å². The van der Waals surface area contributed by atoms with Gasteiger partial charge >= 0.3 is 5.97 Å². The van der Waals surface area contributed by atoms with Gasteiger partial charge < -0.3 is 13.9 Å². The lowest BCUT2D eigenvalue weighted by molar-refractivity contribution is -0.123. The molecule has 1 aliphatic heterocycles. The SMILES string of the molecule is COC(=O)c1ccc(-c2ccc(/C=C3\SC(=O)N(CCOc4cc(C)ccc4C)C3=O)o2)cc1.